The van der Waals surface area contributed by atoms with Gasteiger partial charge in [0, 0.05) is 38.4 Å². The van der Waals surface area contributed by atoms with Gasteiger partial charge in [0.25, 0.3) is 0 Å². The van der Waals surface area contributed by atoms with Gasteiger partial charge in [-0.25, -0.2) is 0 Å². The van der Waals surface area contributed by atoms with Crippen molar-refractivity contribution >= 4 is 12.3 Å². The van der Waals surface area contributed by atoms with Crippen molar-refractivity contribution in [1.82, 2.24) is 10.3 Å². The van der Waals surface area contributed by atoms with Gasteiger partial charge in [0.2, 0.25) is 0 Å². The number of pyridine rings is 1. The highest BCUT2D eigenvalue weighted by atomic mass is 16.5. The number of methoxy groups -OCH3 is 1. The summed E-state index contributed by atoms with van der Waals surface area (Å²) >= 11 is 0. The van der Waals surface area contributed by atoms with Crippen LogP contribution >= 0.6 is 0 Å². The Morgan fingerprint density at radius 3 is 1.98 bits per heavy atom. The van der Waals surface area contributed by atoms with Gasteiger partial charge in [-0.1, -0.05) is 159 Å². The molecule has 4 nitrogen and oxygen atoms in total. The Kier molecular flexibility index (Phi) is 57.4. The fraction of sp³-hybridized carbons (Fsp3) is 0.435. The Hall–Kier alpha value is -4.02. The summed E-state index contributed by atoms with van der Waals surface area (Å²) in [6, 6.07) is 14.6. The van der Waals surface area contributed by atoms with Crippen LogP contribution in [0.2, 0.25) is 0 Å². The molecule has 0 aliphatic heterocycles. The number of allylic oxidation sites excluding steroid dienone is 8. The van der Waals surface area contributed by atoms with E-state index in [-0.39, 0.29) is 0 Å². The van der Waals surface area contributed by atoms with Crippen molar-refractivity contribution < 1.29 is 4.74 Å². The van der Waals surface area contributed by atoms with Crippen LogP contribution in [-0.4, -0.2) is 31.5 Å². The molecule has 0 unspecified atom stereocenters. The summed E-state index contributed by atoms with van der Waals surface area (Å²) in [7, 11) is 1.71. The van der Waals surface area contributed by atoms with Crippen molar-refractivity contribution in [3.05, 3.63) is 146 Å². The molecule has 1 heterocycles. The number of benzene rings is 1. The molecule has 0 spiro atoms. The Labute approximate surface area is 311 Å². The van der Waals surface area contributed by atoms with Crippen LogP contribution < -0.4 is 5.32 Å². The number of aliphatic imine (C=N–C) groups is 1. The molecule has 1 aromatic heterocycles. The third kappa shape index (κ3) is 48.4. The molecule has 0 fully saturated rings. The fourth-order valence-electron chi connectivity index (χ4n) is 3.12. The van der Waals surface area contributed by atoms with E-state index >= 15 is 0 Å². The standard InChI is InChI=1S/C13H21N.C12H14N2.C10H14.C4H10O.C3H6.2C2H6/c1-5-7-8-9-12(3)10-11-14-13(4)6-2;1-3-5-8-13-10-12-7-6-11(4-2)9-14-12;1-2-3-7-10-8-5-4-6-9-10;1-3-4-5-2;1-3-2;2*1-2/h5,7-9,14H,1,4,6,10-11H2,2-3H3;3-9H,2,10H2,1H3;4-6,8-9H,2-3,7H2,1H3;3-4H2,1-2H3;3H,1H2,2H3;2*1-2H3/b8-7-,12-9-;5-3-,13-8?;;;;;. The Morgan fingerprint density at radius 1 is 0.900 bits per heavy atom. The first-order valence-corrected chi connectivity index (χ1v) is 18.5. The maximum Gasteiger partial charge on any atom is 0.0811 e. The number of aryl methyl sites for hydroxylation is 1. The van der Waals surface area contributed by atoms with E-state index in [0.717, 1.165) is 49.4 Å². The van der Waals surface area contributed by atoms with E-state index in [0.29, 0.717) is 6.54 Å². The molecule has 282 valence electrons. The van der Waals surface area contributed by atoms with Gasteiger partial charge in [-0.3, -0.25) is 9.98 Å². The molecule has 0 saturated carbocycles. The van der Waals surface area contributed by atoms with E-state index in [2.05, 4.69) is 106 Å². The summed E-state index contributed by atoms with van der Waals surface area (Å²) in [6.45, 7) is 37.4. The van der Waals surface area contributed by atoms with Crippen LogP contribution in [0.4, 0.5) is 0 Å². The molecule has 0 aliphatic carbocycles. The van der Waals surface area contributed by atoms with Crippen LogP contribution in [0.3, 0.4) is 0 Å². The van der Waals surface area contributed by atoms with Gasteiger partial charge in [-0.15, -0.1) is 6.58 Å². The third-order valence-corrected chi connectivity index (χ3v) is 5.74. The smallest absolute Gasteiger partial charge is 0.0811 e. The lowest BCUT2D eigenvalue weighted by Crippen LogP contribution is -2.13. The van der Waals surface area contributed by atoms with E-state index in [9.17, 15) is 0 Å². The van der Waals surface area contributed by atoms with Gasteiger partial charge < -0.3 is 10.1 Å². The Balaban J connectivity index is -0.000000176. The third-order valence-electron chi connectivity index (χ3n) is 5.74. The number of rotatable bonds is 16. The van der Waals surface area contributed by atoms with Crippen LogP contribution in [0.1, 0.15) is 118 Å². The molecule has 0 amide bonds. The average molecular weight is 688 g/mol. The van der Waals surface area contributed by atoms with Gasteiger partial charge in [-0.2, -0.15) is 0 Å². The minimum atomic E-state index is 0.627. The average Bonchev–Trinajstić information content (AvgIpc) is 3.16. The number of nitrogens with zero attached hydrogens (tertiary/aromatic N) is 2. The topological polar surface area (TPSA) is 46.5 Å². The predicted octanol–water partition coefficient (Wildman–Crippen LogP) is 13.8. The lowest BCUT2D eigenvalue weighted by molar-refractivity contribution is 0.199. The monoisotopic (exact) mass is 688 g/mol. The highest BCUT2D eigenvalue weighted by Crippen LogP contribution is 2.04. The fourth-order valence-corrected chi connectivity index (χ4v) is 3.12. The summed E-state index contributed by atoms with van der Waals surface area (Å²) in [6.07, 6.45) is 25.8. The lowest BCUT2D eigenvalue weighted by Gasteiger charge is -2.06. The Bertz CT molecular complexity index is 1090. The number of hydrogen-bond donors (Lipinski definition) is 1. The minimum absolute atomic E-state index is 0.627. The predicted molar refractivity (Wildman–Crippen MR) is 232 cm³/mol. The number of hydrogen-bond acceptors (Lipinski definition) is 4. The van der Waals surface area contributed by atoms with Gasteiger partial charge in [0.15, 0.2) is 0 Å². The molecule has 4 heteroatoms. The van der Waals surface area contributed by atoms with Crippen molar-refractivity contribution in [1.29, 1.82) is 0 Å². The second-order valence-corrected chi connectivity index (χ2v) is 10.1. The molecule has 0 saturated heterocycles. The molecule has 1 N–H and O–H groups in total. The summed E-state index contributed by atoms with van der Waals surface area (Å²) in [5, 5.41) is 3.27. The number of aromatic nitrogens is 1. The largest absolute Gasteiger partial charge is 0.389 e. The van der Waals surface area contributed by atoms with Gasteiger partial charge in [0.1, 0.15) is 0 Å². The van der Waals surface area contributed by atoms with E-state index in [4.69, 9.17) is 4.74 Å². The minimum Gasteiger partial charge on any atom is -0.389 e. The maximum atomic E-state index is 4.69. The highest BCUT2D eigenvalue weighted by molar-refractivity contribution is 5.70. The molecular formula is C46H77N3O. The normalized spacial score (nSPS) is 9.70. The second-order valence-electron chi connectivity index (χ2n) is 10.1. The molecule has 2 aromatic rings. The zero-order chi connectivity index (χ0) is 39.1. The molecule has 0 radical (unpaired) electrons. The second kappa shape index (κ2) is 51.8. The van der Waals surface area contributed by atoms with Crippen LogP contribution in [0.15, 0.2) is 134 Å². The molecule has 1 aromatic carbocycles. The van der Waals surface area contributed by atoms with Crippen LogP contribution in [0, 0.1) is 0 Å². The van der Waals surface area contributed by atoms with Crippen LogP contribution in [0.25, 0.3) is 6.08 Å². The van der Waals surface area contributed by atoms with Crippen molar-refractivity contribution in [3.63, 3.8) is 0 Å². The molecule has 2 rings (SSSR count). The first kappa shape index (κ1) is 55.4. The number of nitrogens with one attached hydrogen (secondary N) is 1. The van der Waals surface area contributed by atoms with Crippen LogP contribution in [-0.2, 0) is 17.7 Å². The van der Waals surface area contributed by atoms with Crippen molar-refractivity contribution in [2.24, 2.45) is 4.99 Å². The quantitative estimate of drug-likeness (QED) is 0.109. The molecule has 0 aliphatic rings. The summed E-state index contributed by atoms with van der Waals surface area (Å²) in [4.78, 5) is 8.42. The van der Waals surface area contributed by atoms with E-state index in [1.165, 1.54) is 30.4 Å². The van der Waals surface area contributed by atoms with E-state index in [1.54, 1.807) is 37.7 Å². The van der Waals surface area contributed by atoms with Crippen molar-refractivity contribution in [2.75, 3.05) is 20.3 Å². The lowest BCUT2D eigenvalue weighted by atomic mass is 10.1. The maximum absolute atomic E-state index is 4.69. The Morgan fingerprint density at radius 2 is 1.54 bits per heavy atom. The zero-order valence-electron chi connectivity index (χ0n) is 34.3. The number of unbranched alkanes of at least 4 members (excludes halogenated alkanes) is 1. The molecule has 0 atom stereocenters. The van der Waals surface area contributed by atoms with Crippen molar-refractivity contribution in [3.8, 4) is 0 Å². The number of ether oxygens (including phenoxy) is 1. The molecule has 0 bridgehead atoms. The van der Waals surface area contributed by atoms with Gasteiger partial charge >= 0.3 is 0 Å². The highest BCUT2D eigenvalue weighted by Gasteiger charge is 1.92. The SMILES string of the molecule is C=C/C=C\C=C(\C)CCNC(=C)CC.C=CC.C=Cc1ccc(CN=C/C=C\C)nc1.CC.CC.CCCCc1ccccc1.CCCOC. The zero-order valence-corrected chi connectivity index (χ0v) is 34.3. The summed E-state index contributed by atoms with van der Waals surface area (Å²) in [5.74, 6) is 0. The molecule has 50 heavy (non-hydrogen) atoms. The van der Waals surface area contributed by atoms with Crippen molar-refractivity contribution in [2.45, 2.75) is 114 Å². The summed E-state index contributed by atoms with van der Waals surface area (Å²) < 4.78 is 4.69. The first-order chi connectivity index (χ1) is 24.3. The summed E-state index contributed by atoms with van der Waals surface area (Å²) in [5.41, 5.74) is 5.94. The van der Waals surface area contributed by atoms with Gasteiger partial charge in [-0.05, 0) is 76.1 Å². The van der Waals surface area contributed by atoms with Crippen LogP contribution in [0.5, 0.6) is 0 Å². The first-order valence-electron chi connectivity index (χ1n) is 18.5. The van der Waals surface area contributed by atoms with E-state index < -0.39 is 0 Å². The molecular weight excluding hydrogens is 611 g/mol. The van der Waals surface area contributed by atoms with Gasteiger partial charge in [0.05, 0.1) is 12.2 Å². The van der Waals surface area contributed by atoms with E-state index in [1.807, 2.05) is 78.0 Å².